The molecule has 0 aromatic heterocycles. The van der Waals surface area contributed by atoms with Gasteiger partial charge in [0.2, 0.25) is 5.91 Å². The third kappa shape index (κ3) is 4.08. The van der Waals surface area contributed by atoms with Gasteiger partial charge in [-0.15, -0.1) is 0 Å². The Bertz CT molecular complexity index is 459. The van der Waals surface area contributed by atoms with Gasteiger partial charge in [0.05, 0.1) is 17.7 Å². The smallest absolute Gasteiger partial charge is 0.240 e. The Hall–Kier alpha value is -1.86. The van der Waals surface area contributed by atoms with Gasteiger partial charge in [0.15, 0.2) is 0 Å². The SMILES string of the molecule is CCN(Cc1ccc(C#N)cc1)C(=O)C(N)C(C)C. The Morgan fingerprint density at radius 1 is 1.37 bits per heavy atom. The summed E-state index contributed by atoms with van der Waals surface area (Å²) in [5.41, 5.74) is 7.53. The molecule has 0 heterocycles. The van der Waals surface area contributed by atoms with Crippen LogP contribution in [0.4, 0.5) is 0 Å². The number of carbonyl (C=O) groups excluding carboxylic acids is 1. The van der Waals surface area contributed by atoms with E-state index in [1.54, 1.807) is 17.0 Å². The predicted octanol–water partition coefficient (Wildman–Crippen LogP) is 1.89. The van der Waals surface area contributed by atoms with E-state index in [9.17, 15) is 4.79 Å². The van der Waals surface area contributed by atoms with Crippen molar-refractivity contribution >= 4 is 5.91 Å². The molecule has 2 N–H and O–H groups in total. The Kier molecular flexibility index (Phi) is 5.53. The minimum Gasteiger partial charge on any atom is -0.337 e. The minimum absolute atomic E-state index is 0.0261. The lowest BCUT2D eigenvalue weighted by Crippen LogP contribution is -2.46. The molecule has 0 aliphatic carbocycles. The van der Waals surface area contributed by atoms with Crippen molar-refractivity contribution in [3.8, 4) is 6.07 Å². The van der Waals surface area contributed by atoms with Crippen molar-refractivity contribution < 1.29 is 4.79 Å². The summed E-state index contributed by atoms with van der Waals surface area (Å²) in [6.45, 7) is 6.98. The topological polar surface area (TPSA) is 70.1 Å². The van der Waals surface area contributed by atoms with Crippen LogP contribution >= 0.6 is 0 Å². The molecule has 4 heteroatoms. The fourth-order valence-corrected chi connectivity index (χ4v) is 1.75. The van der Waals surface area contributed by atoms with Gasteiger partial charge in [0.25, 0.3) is 0 Å². The second kappa shape index (κ2) is 6.91. The third-order valence-corrected chi connectivity index (χ3v) is 3.15. The first-order chi connectivity index (χ1) is 8.99. The van der Waals surface area contributed by atoms with Crippen molar-refractivity contribution in [2.45, 2.75) is 33.4 Å². The number of nitrogens with zero attached hydrogens (tertiary/aromatic N) is 2. The normalized spacial score (nSPS) is 12.0. The molecule has 1 atom stereocenters. The van der Waals surface area contributed by atoms with E-state index in [1.165, 1.54) is 0 Å². The largest absolute Gasteiger partial charge is 0.337 e. The molecule has 102 valence electrons. The minimum atomic E-state index is -0.460. The first-order valence-electron chi connectivity index (χ1n) is 6.53. The molecule has 1 rings (SSSR count). The molecule has 1 aromatic carbocycles. The maximum atomic E-state index is 12.2. The molecule has 19 heavy (non-hydrogen) atoms. The van der Waals surface area contributed by atoms with E-state index < -0.39 is 6.04 Å². The molecule has 0 saturated carbocycles. The van der Waals surface area contributed by atoms with Crippen molar-refractivity contribution in [1.29, 1.82) is 5.26 Å². The monoisotopic (exact) mass is 259 g/mol. The second-order valence-electron chi connectivity index (χ2n) is 4.93. The highest BCUT2D eigenvalue weighted by Gasteiger charge is 2.22. The van der Waals surface area contributed by atoms with Crippen molar-refractivity contribution in [3.05, 3.63) is 35.4 Å². The number of carbonyl (C=O) groups is 1. The van der Waals surface area contributed by atoms with Gasteiger partial charge in [-0.3, -0.25) is 4.79 Å². The first-order valence-corrected chi connectivity index (χ1v) is 6.53. The van der Waals surface area contributed by atoms with Gasteiger partial charge < -0.3 is 10.6 Å². The van der Waals surface area contributed by atoms with E-state index in [0.29, 0.717) is 18.7 Å². The van der Waals surface area contributed by atoms with E-state index in [-0.39, 0.29) is 11.8 Å². The maximum absolute atomic E-state index is 12.2. The molecule has 4 nitrogen and oxygen atoms in total. The molecular weight excluding hydrogens is 238 g/mol. The second-order valence-corrected chi connectivity index (χ2v) is 4.93. The highest BCUT2D eigenvalue weighted by Crippen LogP contribution is 2.10. The van der Waals surface area contributed by atoms with Crippen LogP contribution in [-0.4, -0.2) is 23.4 Å². The summed E-state index contributed by atoms with van der Waals surface area (Å²) in [5.74, 6) is 0.101. The summed E-state index contributed by atoms with van der Waals surface area (Å²) in [4.78, 5) is 13.9. The summed E-state index contributed by atoms with van der Waals surface area (Å²) in [6, 6.07) is 8.88. The number of benzene rings is 1. The number of hydrogen-bond donors (Lipinski definition) is 1. The van der Waals surface area contributed by atoms with Crippen LogP contribution in [0.3, 0.4) is 0 Å². The van der Waals surface area contributed by atoms with Gasteiger partial charge in [0.1, 0.15) is 0 Å². The molecule has 1 unspecified atom stereocenters. The van der Waals surface area contributed by atoms with Crippen LogP contribution in [0.5, 0.6) is 0 Å². The quantitative estimate of drug-likeness (QED) is 0.877. The molecule has 0 aliphatic rings. The Morgan fingerprint density at radius 3 is 2.37 bits per heavy atom. The zero-order valence-corrected chi connectivity index (χ0v) is 11.8. The summed E-state index contributed by atoms with van der Waals surface area (Å²) in [5, 5.41) is 8.75. The van der Waals surface area contributed by atoms with Crippen LogP contribution in [0.1, 0.15) is 31.9 Å². The van der Waals surface area contributed by atoms with Crippen LogP contribution < -0.4 is 5.73 Å². The average molecular weight is 259 g/mol. The van der Waals surface area contributed by atoms with Gasteiger partial charge in [0, 0.05) is 13.1 Å². The van der Waals surface area contributed by atoms with Crippen LogP contribution in [0.15, 0.2) is 24.3 Å². The molecule has 1 amide bonds. The summed E-state index contributed by atoms with van der Waals surface area (Å²) in [6.07, 6.45) is 0. The van der Waals surface area contributed by atoms with E-state index >= 15 is 0 Å². The van der Waals surface area contributed by atoms with E-state index in [2.05, 4.69) is 6.07 Å². The highest BCUT2D eigenvalue weighted by molar-refractivity contribution is 5.81. The third-order valence-electron chi connectivity index (χ3n) is 3.15. The van der Waals surface area contributed by atoms with Gasteiger partial charge in [-0.25, -0.2) is 0 Å². The molecule has 0 fully saturated rings. The maximum Gasteiger partial charge on any atom is 0.240 e. The van der Waals surface area contributed by atoms with Crippen molar-refractivity contribution in [3.63, 3.8) is 0 Å². The van der Waals surface area contributed by atoms with Gasteiger partial charge in [-0.1, -0.05) is 26.0 Å². The van der Waals surface area contributed by atoms with E-state index in [1.807, 2.05) is 32.9 Å². The Morgan fingerprint density at radius 2 is 1.95 bits per heavy atom. The number of rotatable bonds is 5. The lowest BCUT2D eigenvalue weighted by molar-refractivity contribution is -0.134. The average Bonchev–Trinajstić information content (AvgIpc) is 2.43. The van der Waals surface area contributed by atoms with E-state index in [4.69, 9.17) is 11.0 Å². The van der Waals surface area contributed by atoms with Crippen molar-refractivity contribution in [2.75, 3.05) is 6.54 Å². The Labute approximate surface area is 114 Å². The lowest BCUT2D eigenvalue weighted by Gasteiger charge is -2.26. The molecular formula is C15H21N3O. The summed E-state index contributed by atoms with van der Waals surface area (Å²) >= 11 is 0. The molecule has 0 saturated heterocycles. The first kappa shape index (κ1) is 15.2. The van der Waals surface area contributed by atoms with Crippen LogP contribution in [0.2, 0.25) is 0 Å². The van der Waals surface area contributed by atoms with Crippen molar-refractivity contribution in [1.82, 2.24) is 4.90 Å². The zero-order chi connectivity index (χ0) is 14.4. The van der Waals surface area contributed by atoms with Crippen LogP contribution in [-0.2, 0) is 11.3 Å². The molecule has 0 aliphatic heterocycles. The van der Waals surface area contributed by atoms with Gasteiger partial charge >= 0.3 is 0 Å². The lowest BCUT2D eigenvalue weighted by atomic mass is 10.0. The van der Waals surface area contributed by atoms with Gasteiger partial charge in [-0.05, 0) is 30.5 Å². The summed E-state index contributed by atoms with van der Waals surface area (Å²) in [7, 11) is 0. The van der Waals surface area contributed by atoms with Crippen LogP contribution in [0, 0.1) is 17.2 Å². The fourth-order valence-electron chi connectivity index (χ4n) is 1.75. The number of likely N-dealkylation sites (N-methyl/N-ethyl adjacent to an activating group) is 1. The highest BCUT2D eigenvalue weighted by atomic mass is 16.2. The number of amides is 1. The van der Waals surface area contributed by atoms with Crippen molar-refractivity contribution in [2.24, 2.45) is 11.7 Å². The molecule has 0 radical (unpaired) electrons. The number of nitrogens with two attached hydrogens (primary N) is 1. The van der Waals surface area contributed by atoms with E-state index in [0.717, 1.165) is 5.56 Å². The summed E-state index contributed by atoms with van der Waals surface area (Å²) < 4.78 is 0. The fraction of sp³-hybridized carbons (Fsp3) is 0.467. The molecule has 1 aromatic rings. The predicted molar refractivity (Wildman–Crippen MR) is 75.1 cm³/mol. The number of hydrogen-bond acceptors (Lipinski definition) is 3. The van der Waals surface area contributed by atoms with Gasteiger partial charge in [-0.2, -0.15) is 5.26 Å². The molecule has 0 spiro atoms. The Balaban J connectivity index is 2.76. The van der Waals surface area contributed by atoms with Crippen LogP contribution in [0.25, 0.3) is 0 Å². The molecule has 0 bridgehead atoms. The standard InChI is InChI=1S/C15H21N3O/c1-4-18(15(19)14(17)11(2)3)10-13-7-5-12(9-16)6-8-13/h5-8,11,14H,4,10,17H2,1-3H3. The zero-order valence-electron chi connectivity index (χ0n) is 11.8. The number of nitriles is 1.